The van der Waals surface area contributed by atoms with Gasteiger partial charge in [-0.15, -0.1) is 0 Å². The second-order valence-corrected chi connectivity index (χ2v) is 3.96. The fourth-order valence-electron chi connectivity index (χ4n) is 1.45. The SMILES string of the molecule is COC(=O)c1ccc(C(O)C(C)C(C)=O)cc1. The average Bonchev–Trinajstić information content (AvgIpc) is 2.36. The molecule has 0 aliphatic rings. The molecule has 0 radical (unpaired) electrons. The van der Waals surface area contributed by atoms with Crippen molar-refractivity contribution in [3.63, 3.8) is 0 Å². The molecule has 0 saturated carbocycles. The Hall–Kier alpha value is -1.68. The van der Waals surface area contributed by atoms with E-state index in [1.807, 2.05) is 0 Å². The van der Waals surface area contributed by atoms with Gasteiger partial charge in [0.25, 0.3) is 0 Å². The lowest BCUT2D eigenvalue weighted by Gasteiger charge is -2.16. The van der Waals surface area contributed by atoms with E-state index in [1.54, 1.807) is 31.2 Å². The fourth-order valence-corrected chi connectivity index (χ4v) is 1.45. The van der Waals surface area contributed by atoms with Gasteiger partial charge in [0.1, 0.15) is 5.78 Å². The van der Waals surface area contributed by atoms with E-state index in [0.717, 1.165) is 0 Å². The number of ether oxygens (including phenoxy) is 1. The maximum absolute atomic E-state index is 11.2. The summed E-state index contributed by atoms with van der Waals surface area (Å²) in [6.07, 6.45) is -0.848. The van der Waals surface area contributed by atoms with Gasteiger partial charge in [-0.3, -0.25) is 4.79 Å². The quantitative estimate of drug-likeness (QED) is 0.809. The van der Waals surface area contributed by atoms with Gasteiger partial charge in [-0.25, -0.2) is 4.79 Å². The predicted octanol–water partition coefficient (Wildman–Crippen LogP) is 1.73. The van der Waals surface area contributed by atoms with E-state index in [4.69, 9.17) is 0 Å². The van der Waals surface area contributed by atoms with E-state index in [9.17, 15) is 14.7 Å². The van der Waals surface area contributed by atoms with Crippen LogP contribution in [0.5, 0.6) is 0 Å². The van der Waals surface area contributed by atoms with Crippen LogP contribution in [0.1, 0.15) is 35.9 Å². The zero-order chi connectivity index (χ0) is 13.0. The van der Waals surface area contributed by atoms with Crippen LogP contribution in [0, 0.1) is 5.92 Å². The summed E-state index contributed by atoms with van der Waals surface area (Å²) in [7, 11) is 1.31. The van der Waals surface area contributed by atoms with Crippen LogP contribution in [0.25, 0.3) is 0 Å². The molecule has 0 bridgehead atoms. The first-order chi connectivity index (χ1) is 7.97. The molecular formula is C13H16O4. The summed E-state index contributed by atoms with van der Waals surface area (Å²) < 4.78 is 4.57. The molecule has 0 fully saturated rings. The van der Waals surface area contributed by atoms with Gasteiger partial charge in [0, 0.05) is 5.92 Å². The highest BCUT2D eigenvalue weighted by molar-refractivity contribution is 5.89. The number of rotatable bonds is 4. The van der Waals surface area contributed by atoms with Crippen LogP contribution in [0.2, 0.25) is 0 Å². The number of carbonyl (C=O) groups excluding carboxylic acids is 2. The third-order valence-corrected chi connectivity index (χ3v) is 2.79. The van der Waals surface area contributed by atoms with Crippen LogP contribution in [-0.2, 0) is 9.53 Å². The van der Waals surface area contributed by atoms with Crippen molar-refractivity contribution in [1.29, 1.82) is 0 Å². The van der Waals surface area contributed by atoms with E-state index in [0.29, 0.717) is 11.1 Å². The second-order valence-electron chi connectivity index (χ2n) is 3.96. The van der Waals surface area contributed by atoms with E-state index < -0.39 is 18.0 Å². The molecule has 0 saturated heterocycles. The molecule has 1 aromatic carbocycles. The Morgan fingerprint density at radius 3 is 2.18 bits per heavy atom. The lowest BCUT2D eigenvalue weighted by Crippen LogP contribution is -2.16. The minimum absolute atomic E-state index is 0.0745. The van der Waals surface area contributed by atoms with Crippen molar-refractivity contribution in [3.05, 3.63) is 35.4 Å². The van der Waals surface area contributed by atoms with Gasteiger partial charge >= 0.3 is 5.97 Å². The van der Waals surface area contributed by atoms with Gasteiger partial charge in [0.2, 0.25) is 0 Å². The van der Waals surface area contributed by atoms with Crippen LogP contribution in [0.15, 0.2) is 24.3 Å². The molecule has 0 amide bonds. The van der Waals surface area contributed by atoms with Crippen molar-refractivity contribution < 1.29 is 19.4 Å². The Morgan fingerprint density at radius 1 is 1.24 bits per heavy atom. The van der Waals surface area contributed by atoms with Crippen LogP contribution < -0.4 is 0 Å². The summed E-state index contributed by atoms with van der Waals surface area (Å²) in [5.41, 5.74) is 1.03. The zero-order valence-corrected chi connectivity index (χ0v) is 10.1. The average molecular weight is 236 g/mol. The number of hydrogen-bond acceptors (Lipinski definition) is 4. The van der Waals surface area contributed by atoms with Gasteiger partial charge in [-0.2, -0.15) is 0 Å². The molecule has 2 atom stereocenters. The van der Waals surface area contributed by atoms with Gasteiger partial charge in [0.15, 0.2) is 0 Å². The molecule has 92 valence electrons. The second kappa shape index (κ2) is 5.59. The highest BCUT2D eigenvalue weighted by Gasteiger charge is 2.20. The lowest BCUT2D eigenvalue weighted by atomic mass is 9.94. The van der Waals surface area contributed by atoms with E-state index in [2.05, 4.69) is 4.74 Å². The van der Waals surface area contributed by atoms with Crippen LogP contribution in [-0.4, -0.2) is 24.0 Å². The first-order valence-electron chi connectivity index (χ1n) is 5.34. The molecule has 2 unspecified atom stereocenters. The summed E-state index contributed by atoms with van der Waals surface area (Å²) in [6, 6.07) is 6.38. The maximum Gasteiger partial charge on any atom is 0.337 e. The van der Waals surface area contributed by atoms with Crippen molar-refractivity contribution in [2.75, 3.05) is 7.11 Å². The van der Waals surface area contributed by atoms with Crippen molar-refractivity contribution in [1.82, 2.24) is 0 Å². The number of aliphatic hydroxyl groups is 1. The molecule has 4 heteroatoms. The smallest absolute Gasteiger partial charge is 0.337 e. The van der Waals surface area contributed by atoms with Crippen LogP contribution >= 0.6 is 0 Å². The number of carbonyl (C=O) groups is 2. The Bertz CT molecular complexity index is 408. The Kier molecular flexibility index (Phi) is 4.40. The molecule has 0 aromatic heterocycles. The summed E-state index contributed by atoms with van der Waals surface area (Å²) in [5, 5.41) is 9.91. The van der Waals surface area contributed by atoms with Crippen LogP contribution in [0.4, 0.5) is 0 Å². The van der Waals surface area contributed by atoms with Crippen molar-refractivity contribution >= 4 is 11.8 Å². The number of esters is 1. The molecule has 17 heavy (non-hydrogen) atoms. The normalized spacial score (nSPS) is 13.9. The molecule has 4 nitrogen and oxygen atoms in total. The van der Waals surface area contributed by atoms with Crippen molar-refractivity contribution in [2.24, 2.45) is 5.92 Å². The topological polar surface area (TPSA) is 63.6 Å². The molecule has 0 aliphatic carbocycles. The third-order valence-electron chi connectivity index (χ3n) is 2.79. The maximum atomic E-state index is 11.2. The minimum Gasteiger partial charge on any atom is -0.465 e. The summed E-state index contributed by atoms with van der Waals surface area (Å²) in [6.45, 7) is 3.11. The number of ketones is 1. The molecule has 1 aromatic rings. The van der Waals surface area contributed by atoms with Gasteiger partial charge < -0.3 is 9.84 Å². The fraction of sp³-hybridized carbons (Fsp3) is 0.385. The van der Waals surface area contributed by atoms with Gasteiger partial charge in [-0.05, 0) is 24.6 Å². The first kappa shape index (κ1) is 13.4. The van der Waals surface area contributed by atoms with E-state index in [1.165, 1.54) is 14.0 Å². The van der Waals surface area contributed by atoms with Gasteiger partial charge in [0.05, 0.1) is 18.8 Å². The largest absolute Gasteiger partial charge is 0.465 e. The molecule has 0 spiro atoms. The summed E-state index contributed by atoms with van der Waals surface area (Å²) in [5.74, 6) is -0.959. The Morgan fingerprint density at radius 2 is 1.76 bits per heavy atom. The van der Waals surface area contributed by atoms with Crippen LogP contribution in [0.3, 0.4) is 0 Å². The monoisotopic (exact) mass is 236 g/mol. The molecule has 0 heterocycles. The first-order valence-corrected chi connectivity index (χ1v) is 5.34. The summed E-state index contributed by atoms with van der Waals surface area (Å²) >= 11 is 0. The minimum atomic E-state index is -0.848. The molecule has 1 N–H and O–H groups in total. The van der Waals surface area contributed by atoms with Gasteiger partial charge in [-0.1, -0.05) is 19.1 Å². The summed E-state index contributed by atoms with van der Waals surface area (Å²) in [4.78, 5) is 22.3. The van der Waals surface area contributed by atoms with E-state index >= 15 is 0 Å². The Labute approximate surface area is 100 Å². The standard InChI is InChI=1S/C13H16O4/c1-8(9(2)14)12(15)10-4-6-11(7-5-10)13(16)17-3/h4-8,12,15H,1-3H3. The number of methoxy groups -OCH3 is 1. The zero-order valence-electron chi connectivity index (χ0n) is 10.1. The van der Waals surface area contributed by atoms with E-state index in [-0.39, 0.29) is 5.78 Å². The number of benzene rings is 1. The van der Waals surface area contributed by atoms with Crippen molar-refractivity contribution in [2.45, 2.75) is 20.0 Å². The molecular weight excluding hydrogens is 220 g/mol. The number of Topliss-reactive ketones (excluding diaryl/α,β-unsaturated/α-hetero) is 1. The predicted molar refractivity (Wildman–Crippen MR) is 62.6 cm³/mol. The molecule has 0 aliphatic heterocycles. The number of hydrogen-bond donors (Lipinski definition) is 1. The number of aliphatic hydroxyl groups excluding tert-OH is 1. The third kappa shape index (κ3) is 3.14. The van der Waals surface area contributed by atoms with Crippen molar-refractivity contribution in [3.8, 4) is 0 Å². The Balaban J connectivity index is 2.87. The lowest BCUT2D eigenvalue weighted by molar-refractivity contribution is -0.123. The highest BCUT2D eigenvalue weighted by Crippen LogP contribution is 2.22. The molecule has 1 rings (SSSR count). The highest BCUT2D eigenvalue weighted by atomic mass is 16.5.